The molecule has 3 N–H and O–H groups in total. The lowest BCUT2D eigenvalue weighted by Crippen LogP contribution is -2.71. The third kappa shape index (κ3) is 8.47. The number of nitrogens with one attached hydrogen (secondary N) is 3. The highest BCUT2D eigenvalue weighted by Crippen LogP contribution is 2.42. The van der Waals surface area contributed by atoms with Crippen molar-refractivity contribution in [1.82, 2.24) is 35.8 Å². The van der Waals surface area contributed by atoms with Gasteiger partial charge in [0, 0.05) is 23.6 Å². The fourth-order valence-corrected chi connectivity index (χ4v) is 8.57. The Morgan fingerprint density at radius 1 is 0.931 bits per heavy atom. The lowest BCUT2D eigenvalue weighted by Gasteiger charge is -2.49. The highest BCUT2D eigenvalue weighted by atomic mass is 32.2. The zero-order chi connectivity index (χ0) is 40.9. The Balaban J connectivity index is 1.19. The summed E-state index contributed by atoms with van der Waals surface area (Å²) in [5.41, 5.74) is 1.44. The molecule has 1 fully saturated rings. The van der Waals surface area contributed by atoms with E-state index in [1.165, 1.54) is 34.9 Å². The standard InChI is InChI=1S/C40H39N9O7S2/c1-24(50)54-20-25-22-57-36-32(35(52)49(36)33(25)37(53)56-39(2,3)4)42-34(51)31(46-55-21-30-44-47-48-45-30)29-23-58-38(41-29)43-40(26-14-8-5-9-15-26,27-16-10-6-11-17-27)28-18-12-7-13-19-28/h5-19,23,32,36H,20-22H2,1-4H3,(H,41,43)(H,42,51)(H,44,45,47,48)/t32?,36-/m1/s1. The van der Waals surface area contributed by atoms with Crippen molar-refractivity contribution in [2.24, 2.45) is 5.16 Å². The van der Waals surface area contributed by atoms with Crippen LogP contribution in [0.4, 0.5) is 5.13 Å². The van der Waals surface area contributed by atoms with Gasteiger partial charge in [-0.2, -0.15) is 5.21 Å². The van der Waals surface area contributed by atoms with Crippen LogP contribution in [0.15, 0.2) is 113 Å². The van der Waals surface area contributed by atoms with Gasteiger partial charge in [-0.1, -0.05) is 101 Å². The molecule has 58 heavy (non-hydrogen) atoms. The average Bonchev–Trinajstić information content (AvgIpc) is 3.92. The zero-order valence-electron chi connectivity index (χ0n) is 31.9. The number of amides is 2. The summed E-state index contributed by atoms with van der Waals surface area (Å²) in [6.45, 7) is 5.97. The Kier molecular flexibility index (Phi) is 11.7. The third-order valence-electron chi connectivity index (χ3n) is 8.99. The lowest BCUT2D eigenvalue weighted by atomic mass is 9.77. The molecule has 1 unspecified atom stereocenters. The second kappa shape index (κ2) is 17.0. The molecule has 7 rings (SSSR count). The smallest absolute Gasteiger partial charge is 0.355 e. The van der Waals surface area contributed by atoms with Crippen LogP contribution < -0.4 is 10.6 Å². The lowest BCUT2D eigenvalue weighted by molar-refractivity contribution is -0.159. The number of β-lactam (4-membered cyclic amide) rings is 1. The van der Waals surface area contributed by atoms with E-state index in [1.54, 1.807) is 26.2 Å². The number of aromatic amines is 1. The number of nitrogens with zero attached hydrogens (tertiary/aromatic N) is 6. The van der Waals surface area contributed by atoms with E-state index in [0.717, 1.165) is 16.7 Å². The molecule has 16 nitrogen and oxygen atoms in total. The van der Waals surface area contributed by atoms with Gasteiger partial charge in [-0.15, -0.1) is 33.3 Å². The van der Waals surface area contributed by atoms with E-state index in [0.29, 0.717) is 10.7 Å². The summed E-state index contributed by atoms with van der Waals surface area (Å²) in [7, 11) is 0. The number of tetrazole rings is 1. The Bertz CT molecular complexity index is 2230. The molecular weight excluding hydrogens is 783 g/mol. The fraction of sp³-hybridized carbons (Fsp3) is 0.275. The minimum Gasteiger partial charge on any atom is -0.461 e. The number of ether oxygens (including phenoxy) is 2. The Morgan fingerprint density at radius 2 is 1.55 bits per heavy atom. The highest BCUT2D eigenvalue weighted by molar-refractivity contribution is 8.00. The summed E-state index contributed by atoms with van der Waals surface area (Å²) < 4.78 is 10.8. The molecule has 298 valence electrons. The quantitative estimate of drug-likeness (QED) is 0.0464. The van der Waals surface area contributed by atoms with Crippen LogP contribution in [0.25, 0.3) is 0 Å². The normalized spacial score (nSPS) is 16.9. The molecule has 2 amide bonds. The number of hydrogen-bond donors (Lipinski definition) is 3. The number of rotatable bonds is 14. The number of thiazole rings is 1. The van der Waals surface area contributed by atoms with E-state index < -0.39 is 46.3 Å². The summed E-state index contributed by atoms with van der Waals surface area (Å²) >= 11 is 2.56. The molecular formula is C40H39N9O7S2. The number of thioether (sulfide) groups is 1. The Hall–Kier alpha value is -6.40. The minimum atomic E-state index is -1.05. The van der Waals surface area contributed by atoms with E-state index in [9.17, 15) is 19.2 Å². The number of anilines is 1. The van der Waals surface area contributed by atoms with E-state index in [1.807, 2.05) is 91.0 Å². The molecule has 1 saturated heterocycles. The molecule has 18 heteroatoms. The van der Waals surface area contributed by atoms with E-state index in [2.05, 4.69) is 36.4 Å². The van der Waals surface area contributed by atoms with Crippen molar-refractivity contribution in [2.75, 3.05) is 17.7 Å². The zero-order valence-corrected chi connectivity index (χ0v) is 33.5. The number of esters is 2. The van der Waals surface area contributed by atoms with Gasteiger partial charge in [0.1, 0.15) is 40.6 Å². The number of carbonyl (C=O) groups is 4. The highest BCUT2D eigenvalue weighted by Gasteiger charge is 2.55. The first-order valence-electron chi connectivity index (χ1n) is 18.1. The van der Waals surface area contributed by atoms with Crippen LogP contribution in [0.2, 0.25) is 0 Å². The number of carbonyl (C=O) groups excluding carboxylic acids is 4. The second-order valence-corrected chi connectivity index (χ2v) is 16.1. The molecule has 0 spiro atoms. The maximum Gasteiger partial charge on any atom is 0.355 e. The van der Waals surface area contributed by atoms with Crippen molar-refractivity contribution in [3.8, 4) is 0 Å². The molecule has 5 aromatic rings. The molecule has 0 saturated carbocycles. The van der Waals surface area contributed by atoms with Crippen molar-refractivity contribution < 1.29 is 33.5 Å². The van der Waals surface area contributed by atoms with Crippen LogP contribution in [0.3, 0.4) is 0 Å². The van der Waals surface area contributed by atoms with Gasteiger partial charge in [0.15, 0.2) is 17.5 Å². The van der Waals surface area contributed by atoms with Gasteiger partial charge < -0.3 is 24.9 Å². The van der Waals surface area contributed by atoms with Crippen LogP contribution in [-0.4, -0.2) is 89.3 Å². The number of aromatic nitrogens is 5. The van der Waals surface area contributed by atoms with Crippen LogP contribution in [-0.2, 0) is 45.6 Å². The largest absolute Gasteiger partial charge is 0.461 e. The number of hydrogen-bond acceptors (Lipinski definition) is 15. The Morgan fingerprint density at radius 3 is 2.10 bits per heavy atom. The van der Waals surface area contributed by atoms with Crippen molar-refractivity contribution in [2.45, 2.75) is 56.9 Å². The SMILES string of the molecule is CC(=O)OCC1=C(C(=O)OC(C)(C)C)N2C(=O)C(NC(=O)C(=NOCc3nn[nH]n3)c3csc(NC(c4ccccc4)(c4ccccc4)c4ccccc4)n3)[C@H]2SC1. The minimum absolute atomic E-state index is 0.0123. The van der Waals surface area contributed by atoms with Gasteiger partial charge in [-0.3, -0.25) is 19.3 Å². The number of fused-ring (bicyclic) bond motifs is 1. The second-order valence-electron chi connectivity index (χ2n) is 14.1. The summed E-state index contributed by atoms with van der Waals surface area (Å²) in [5, 5.41) is 25.7. The first kappa shape index (κ1) is 39.8. The molecule has 0 aliphatic carbocycles. The van der Waals surface area contributed by atoms with E-state index in [4.69, 9.17) is 19.3 Å². The predicted octanol–water partition coefficient (Wildman–Crippen LogP) is 4.54. The summed E-state index contributed by atoms with van der Waals surface area (Å²) in [6, 6.07) is 28.9. The van der Waals surface area contributed by atoms with Crippen molar-refractivity contribution in [3.05, 3.63) is 136 Å². The maximum atomic E-state index is 14.2. The first-order valence-corrected chi connectivity index (χ1v) is 20.0. The molecule has 0 bridgehead atoms. The third-order valence-corrected chi connectivity index (χ3v) is 11.1. The van der Waals surface area contributed by atoms with Gasteiger partial charge in [0.25, 0.3) is 11.8 Å². The van der Waals surface area contributed by atoms with Crippen molar-refractivity contribution >= 4 is 57.7 Å². The van der Waals surface area contributed by atoms with Crippen molar-refractivity contribution in [3.63, 3.8) is 0 Å². The molecule has 4 heterocycles. The van der Waals surface area contributed by atoms with E-state index in [-0.39, 0.29) is 41.9 Å². The molecule has 2 aromatic heterocycles. The summed E-state index contributed by atoms with van der Waals surface area (Å²) in [6.07, 6.45) is 0. The van der Waals surface area contributed by atoms with Gasteiger partial charge in [0.2, 0.25) is 5.82 Å². The van der Waals surface area contributed by atoms with Gasteiger partial charge >= 0.3 is 11.9 Å². The molecule has 3 aromatic carbocycles. The number of oxime groups is 1. The number of benzene rings is 3. The average molecular weight is 822 g/mol. The first-order chi connectivity index (χ1) is 27.9. The Labute approximate surface area is 341 Å². The summed E-state index contributed by atoms with van der Waals surface area (Å²) in [4.78, 5) is 64.7. The van der Waals surface area contributed by atoms with Gasteiger partial charge in [-0.25, -0.2) is 9.78 Å². The molecule has 2 aliphatic heterocycles. The van der Waals surface area contributed by atoms with Gasteiger partial charge in [0.05, 0.1) is 0 Å². The summed E-state index contributed by atoms with van der Waals surface area (Å²) in [5.74, 6) is -2.16. The monoisotopic (exact) mass is 821 g/mol. The maximum absolute atomic E-state index is 14.2. The van der Waals surface area contributed by atoms with Crippen LogP contribution in [0.1, 0.15) is 55.9 Å². The molecule has 2 aliphatic rings. The fourth-order valence-electron chi connectivity index (χ4n) is 6.49. The number of H-pyrrole nitrogens is 1. The van der Waals surface area contributed by atoms with Crippen LogP contribution in [0.5, 0.6) is 0 Å². The molecule has 2 atom stereocenters. The van der Waals surface area contributed by atoms with Crippen molar-refractivity contribution in [1.29, 1.82) is 0 Å². The van der Waals surface area contributed by atoms with Gasteiger partial charge in [-0.05, 0) is 37.5 Å². The predicted molar refractivity (Wildman–Crippen MR) is 215 cm³/mol. The van der Waals surface area contributed by atoms with E-state index >= 15 is 0 Å². The molecule has 0 radical (unpaired) electrons. The van der Waals surface area contributed by atoms with Crippen LogP contribution in [0, 0.1) is 0 Å². The topological polar surface area (TPSA) is 203 Å². The van der Waals surface area contributed by atoms with Crippen LogP contribution >= 0.6 is 23.1 Å².